The molecule has 1 aromatic heterocycles. The SMILES string of the molecule is CC(C)(C)OC(=O)N[C@@H](CC(=O)OCc1ccccc1)C(=O)OCC1OC(n2cnc(C(N)=O)c2O)C2OC(C)(C)OC12. The molecule has 4 unspecified atom stereocenters. The number of aromatic hydroxyl groups is 1. The molecule has 2 amide bonds. The van der Waals surface area contributed by atoms with Crippen LogP contribution in [0.2, 0.25) is 0 Å². The Labute approximate surface area is 247 Å². The van der Waals surface area contributed by atoms with Crippen LogP contribution in [-0.2, 0) is 44.6 Å². The minimum Gasteiger partial charge on any atom is -0.493 e. The molecule has 43 heavy (non-hydrogen) atoms. The number of rotatable bonds is 10. The Balaban J connectivity index is 1.44. The average Bonchev–Trinajstić information content (AvgIpc) is 3.55. The monoisotopic (exact) mass is 604 g/mol. The van der Waals surface area contributed by atoms with E-state index in [2.05, 4.69) is 10.3 Å². The molecule has 0 bridgehead atoms. The van der Waals surface area contributed by atoms with Crippen LogP contribution in [0.15, 0.2) is 36.7 Å². The lowest BCUT2D eigenvalue weighted by molar-refractivity contribution is -0.203. The van der Waals surface area contributed by atoms with E-state index >= 15 is 0 Å². The summed E-state index contributed by atoms with van der Waals surface area (Å²) in [6.07, 6.45) is -3.77. The molecule has 2 aromatic rings. The van der Waals surface area contributed by atoms with Gasteiger partial charge in [-0.25, -0.2) is 14.6 Å². The molecule has 2 aliphatic rings. The topological polar surface area (TPSA) is 200 Å². The number of esters is 2. The molecular weight excluding hydrogens is 568 g/mol. The number of carbonyl (C=O) groups excluding carboxylic acids is 4. The predicted molar refractivity (Wildman–Crippen MR) is 145 cm³/mol. The lowest BCUT2D eigenvalue weighted by Gasteiger charge is -2.25. The number of nitrogens with two attached hydrogens (primary N) is 1. The summed E-state index contributed by atoms with van der Waals surface area (Å²) in [7, 11) is 0. The largest absolute Gasteiger partial charge is 0.493 e. The normalized spacial score (nSPS) is 23.2. The zero-order valence-corrected chi connectivity index (χ0v) is 24.5. The molecule has 15 nitrogen and oxygen atoms in total. The first kappa shape index (κ1) is 31.7. The molecule has 2 saturated heterocycles. The summed E-state index contributed by atoms with van der Waals surface area (Å²) in [5, 5.41) is 12.9. The number of benzene rings is 1. The summed E-state index contributed by atoms with van der Waals surface area (Å²) in [4.78, 5) is 53.7. The third-order valence-electron chi connectivity index (χ3n) is 6.38. The molecule has 4 N–H and O–H groups in total. The number of primary amides is 1. The first-order chi connectivity index (χ1) is 20.1. The van der Waals surface area contributed by atoms with Crippen LogP contribution in [0.1, 0.15) is 63.3 Å². The molecule has 15 heteroatoms. The van der Waals surface area contributed by atoms with Crippen LogP contribution in [0, 0.1) is 0 Å². The van der Waals surface area contributed by atoms with E-state index in [-0.39, 0.29) is 18.9 Å². The van der Waals surface area contributed by atoms with Crippen molar-refractivity contribution in [2.45, 2.75) is 89.6 Å². The van der Waals surface area contributed by atoms with Gasteiger partial charge in [0.25, 0.3) is 5.91 Å². The van der Waals surface area contributed by atoms with Crippen LogP contribution in [0.3, 0.4) is 0 Å². The maximum atomic E-state index is 13.2. The van der Waals surface area contributed by atoms with Gasteiger partial charge in [0, 0.05) is 0 Å². The molecule has 2 aliphatic heterocycles. The number of alkyl carbamates (subject to hydrolysis) is 1. The van der Waals surface area contributed by atoms with Crippen molar-refractivity contribution in [3.63, 3.8) is 0 Å². The van der Waals surface area contributed by atoms with Crippen molar-refractivity contribution in [2.75, 3.05) is 6.61 Å². The number of ether oxygens (including phenoxy) is 6. The van der Waals surface area contributed by atoms with Crippen LogP contribution in [0.4, 0.5) is 4.79 Å². The first-order valence-electron chi connectivity index (χ1n) is 13.6. The third kappa shape index (κ3) is 8.00. The minimum atomic E-state index is -1.45. The number of nitrogens with zero attached hydrogens (tertiary/aromatic N) is 2. The van der Waals surface area contributed by atoms with Crippen molar-refractivity contribution in [1.82, 2.24) is 14.9 Å². The maximum absolute atomic E-state index is 13.2. The highest BCUT2D eigenvalue weighted by atomic mass is 16.8. The van der Waals surface area contributed by atoms with Crippen LogP contribution in [0.25, 0.3) is 0 Å². The van der Waals surface area contributed by atoms with Gasteiger partial charge in [-0.15, -0.1) is 0 Å². The Morgan fingerprint density at radius 2 is 1.79 bits per heavy atom. The lowest BCUT2D eigenvalue weighted by atomic mass is 10.1. The smallest absolute Gasteiger partial charge is 0.408 e. The van der Waals surface area contributed by atoms with Gasteiger partial charge in [-0.2, -0.15) is 0 Å². The second kappa shape index (κ2) is 12.6. The molecule has 0 spiro atoms. The van der Waals surface area contributed by atoms with Crippen molar-refractivity contribution >= 4 is 23.9 Å². The molecule has 3 heterocycles. The first-order valence-corrected chi connectivity index (χ1v) is 13.6. The Bertz CT molecular complexity index is 1340. The van der Waals surface area contributed by atoms with Crippen molar-refractivity contribution in [2.24, 2.45) is 5.73 Å². The maximum Gasteiger partial charge on any atom is 0.408 e. The Kier molecular flexibility index (Phi) is 9.27. The standard InChI is InChI=1S/C28H36N4O11/c1-27(2,3)43-26(37)31-16(11-18(33)38-12-15-9-7-6-8-10-15)25(36)39-13-17-20-21(42-28(4,5)41-20)24(40-17)32-14-30-19(22(29)34)23(32)35/h6-10,14,16-17,20-21,24,35H,11-13H2,1-5H3,(H2,29,34)(H,31,37)/t16-,17?,20?,21?,24?/m0/s1. The molecular formula is C28H36N4O11. The van der Waals surface area contributed by atoms with Crippen molar-refractivity contribution in [3.05, 3.63) is 47.9 Å². The summed E-state index contributed by atoms with van der Waals surface area (Å²) < 4.78 is 35.1. The number of hydrogen-bond donors (Lipinski definition) is 3. The highest BCUT2D eigenvalue weighted by molar-refractivity contribution is 5.93. The number of nitrogens with one attached hydrogen (secondary N) is 1. The molecule has 5 atom stereocenters. The van der Waals surface area contributed by atoms with Gasteiger partial charge >= 0.3 is 18.0 Å². The van der Waals surface area contributed by atoms with Gasteiger partial charge in [0.1, 0.15) is 49.5 Å². The van der Waals surface area contributed by atoms with Crippen molar-refractivity contribution < 1.29 is 52.7 Å². The van der Waals surface area contributed by atoms with Gasteiger partial charge < -0.3 is 44.6 Å². The average molecular weight is 605 g/mol. The summed E-state index contributed by atoms with van der Waals surface area (Å²) in [6.45, 7) is 7.89. The number of aromatic nitrogens is 2. The minimum absolute atomic E-state index is 0.0278. The number of imidazole rings is 1. The second-order valence-electron chi connectivity index (χ2n) is 11.5. The summed E-state index contributed by atoms with van der Waals surface area (Å²) >= 11 is 0. The fourth-order valence-corrected chi connectivity index (χ4v) is 4.60. The van der Waals surface area contributed by atoms with Gasteiger partial charge in [0.2, 0.25) is 5.88 Å². The number of fused-ring (bicyclic) bond motifs is 1. The fourth-order valence-electron chi connectivity index (χ4n) is 4.60. The van der Waals surface area contributed by atoms with Crippen LogP contribution >= 0.6 is 0 Å². The van der Waals surface area contributed by atoms with Gasteiger partial charge in [-0.1, -0.05) is 30.3 Å². The van der Waals surface area contributed by atoms with Crippen molar-refractivity contribution in [3.8, 4) is 5.88 Å². The van der Waals surface area contributed by atoms with E-state index in [0.29, 0.717) is 0 Å². The number of hydrogen-bond acceptors (Lipinski definition) is 12. The predicted octanol–water partition coefficient (Wildman–Crippen LogP) is 1.68. The molecule has 0 saturated carbocycles. The van der Waals surface area contributed by atoms with Gasteiger partial charge in [-0.05, 0) is 40.2 Å². The van der Waals surface area contributed by atoms with E-state index in [1.165, 1.54) is 10.9 Å². The number of carbonyl (C=O) groups is 4. The van der Waals surface area contributed by atoms with E-state index in [9.17, 15) is 24.3 Å². The molecule has 0 radical (unpaired) electrons. The Hall–Kier alpha value is -4.21. The third-order valence-corrected chi connectivity index (χ3v) is 6.38. The summed E-state index contributed by atoms with van der Waals surface area (Å²) in [5.41, 5.74) is 4.78. The van der Waals surface area contributed by atoms with Crippen LogP contribution < -0.4 is 11.1 Å². The van der Waals surface area contributed by atoms with E-state index in [0.717, 1.165) is 5.56 Å². The van der Waals surface area contributed by atoms with Gasteiger partial charge in [0.15, 0.2) is 17.7 Å². The highest BCUT2D eigenvalue weighted by Gasteiger charge is 2.56. The molecule has 1 aromatic carbocycles. The molecule has 2 fully saturated rings. The van der Waals surface area contributed by atoms with Gasteiger partial charge in [0.05, 0.1) is 6.42 Å². The summed E-state index contributed by atoms with van der Waals surface area (Å²) in [6, 6.07) is 7.50. The second-order valence-corrected chi connectivity index (χ2v) is 11.5. The van der Waals surface area contributed by atoms with E-state index < -0.39 is 78.2 Å². The zero-order valence-electron chi connectivity index (χ0n) is 24.5. The molecule has 0 aliphatic carbocycles. The fraction of sp³-hybridized carbons (Fsp3) is 0.536. The van der Waals surface area contributed by atoms with Crippen LogP contribution in [0.5, 0.6) is 5.88 Å². The quantitative estimate of drug-likeness (QED) is 0.262. The van der Waals surface area contributed by atoms with Crippen LogP contribution in [-0.4, -0.2) is 80.9 Å². The van der Waals surface area contributed by atoms with E-state index in [1.807, 2.05) is 6.07 Å². The summed E-state index contributed by atoms with van der Waals surface area (Å²) in [5.74, 6) is -4.23. The number of amides is 2. The van der Waals surface area contributed by atoms with Gasteiger partial charge in [-0.3, -0.25) is 14.2 Å². The van der Waals surface area contributed by atoms with E-state index in [4.69, 9.17) is 34.2 Å². The molecule has 234 valence electrons. The lowest BCUT2D eigenvalue weighted by Crippen LogP contribution is -2.46. The van der Waals surface area contributed by atoms with E-state index in [1.54, 1.807) is 58.9 Å². The zero-order chi connectivity index (χ0) is 31.5. The molecule has 4 rings (SSSR count). The highest BCUT2D eigenvalue weighted by Crippen LogP contribution is 2.44. The van der Waals surface area contributed by atoms with Crippen molar-refractivity contribution in [1.29, 1.82) is 0 Å². The Morgan fingerprint density at radius 3 is 2.42 bits per heavy atom. The Morgan fingerprint density at radius 1 is 1.12 bits per heavy atom.